The third-order valence-corrected chi connectivity index (χ3v) is 4.14. The fraction of sp³-hybridized carbons (Fsp3) is 0.714. The van der Waals surface area contributed by atoms with Gasteiger partial charge in [-0.25, -0.2) is 9.97 Å². The number of nitrogens with two attached hydrogens (primary N) is 1. The molecular weight excluding hydrogens is 224 g/mol. The minimum Gasteiger partial charge on any atom is -0.383 e. The third-order valence-electron chi connectivity index (χ3n) is 4.14. The molecule has 0 atom stereocenters. The summed E-state index contributed by atoms with van der Waals surface area (Å²) < 4.78 is 0. The first kappa shape index (κ1) is 13.1. The molecule has 1 saturated carbocycles. The highest BCUT2D eigenvalue weighted by Crippen LogP contribution is 2.30. The Morgan fingerprint density at radius 3 is 2.33 bits per heavy atom. The Bertz CT molecular complexity index is 422. The summed E-state index contributed by atoms with van der Waals surface area (Å²) in [5.41, 5.74) is 6.93. The number of nitrogen functional groups attached to an aromatic ring is 1. The molecule has 18 heavy (non-hydrogen) atoms. The van der Waals surface area contributed by atoms with Gasteiger partial charge in [0.15, 0.2) is 0 Å². The molecule has 2 rings (SSSR count). The number of hydrogen-bond donors (Lipinski definition) is 1. The lowest BCUT2D eigenvalue weighted by molar-refractivity contribution is 0.339. The summed E-state index contributed by atoms with van der Waals surface area (Å²) in [4.78, 5) is 11.1. The van der Waals surface area contributed by atoms with Crippen LogP contribution in [0.2, 0.25) is 0 Å². The van der Waals surface area contributed by atoms with E-state index in [0.29, 0.717) is 11.9 Å². The zero-order chi connectivity index (χ0) is 13.3. The highest BCUT2D eigenvalue weighted by molar-refractivity contribution is 5.56. The molecule has 1 aliphatic rings. The van der Waals surface area contributed by atoms with E-state index in [9.17, 15) is 0 Å². The molecule has 4 heteroatoms. The number of anilines is 2. The van der Waals surface area contributed by atoms with Crippen LogP contribution in [0.1, 0.15) is 44.0 Å². The van der Waals surface area contributed by atoms with Gasteiger partial charge in [0.25, 0.3) is 0 Å². The second-order valence-corrected chi connectivity index (χ2v) is 5.63. The second-order valence-electron chi connectivity index (χ2n) is 5.63. The SMILES string of the molecule is Cc1nc(N)c(C)c(N(C)C2CCC(C)CC2)n1. The number of aromatic nitrogens is 2. The van der Waals surface area contributed by atoms with Gasteiger partial charge < -0.3 is 10.6 Å². The van der Waals surface area contributed by atoms with Gasteiger partial charge in [-0.05, 0) is 45.4 Å². The largest absolute Gasteiger partial charge is 0.383 e. The number of aryl methyl sites for hydroxylation is 1. The zero-order valence-electron chi connectivity index (χ0n) is 11.9. The van der Waals surface area contributed by atoms with Crippen molar-refractivity contribution in [2.24, 2.45) is 5.92 Å². The summed E-state index contributed by atoms with van der Waals surface area (Å²) in [5, 5.41) is 0. The van der Waals surface area contributed by atoms with E-state index in [0.717, 1.165) is 23.1 Å². The Morgan fingerprint density at radius 1 is 1.11 bits per heavy atom. The standard InChI is InChI=1S/C14H24N4/c1-9-5-7-12(8-6-9)18(4)14-10(2)13(15)16-11(3)17-14/h9,12H,5-8H2,1-4H3,(H2,15,16,17). The van der Waals surface area contributed by atoms with Crippen LogP contribution in [-0.2, 0) is 0 Å². The van der Waals surface area contributed by atoms with Crippen LogP contribution < -0.4 is 10.6 Å². The van der Waals surface area contributed by atoms with Crippen LogP contribution in [0.3, 0.4) is 0 Å². The molecule has 2 N–H and O–H groups in total. The quantitative estimate of drug-likeness (QED) is 0.874. The molecule has 0 radical (unpaired) electrons. The smallest absolute Gasteiger partial charge is 0.137 e. The Hall–Kier alpha value is -1.32. The molecule has 1 aromatic heterocycles. The molecule has 0 saturated heterocycles. The molecule has 100 valence electrons. The van der Waals surface area contributed by atoms with Gasteiger partial charge in [0.2, 0.25) is 0 Å². The van der Waals surface area contributed by atoms with Crippen molar-refractivity contribution in [2.75, 3.05) is 17.7 Å². The topological polar surface area (TPSA) is 55.0 Å². The highest BCUT2D eigenvalue weighted by atomic mass is 15.2. The lowest BCUT2D eigenvalue weighted by atomic mass is 9.86. The van der Waals surface area contributed by atoms with Gasteiger partial charge >= 0.3 is 0 Å². The molecule has 0 amide bonds. The molecule has 0 aromatic carbocycles. The first-order chi connectivity index (χ1) is 8.49. The average molecular weight is 248 g/mol. The molecule has 4 nitrogen and oxygen atoms in total. The third kappa shape index (κ3) is 2.57. The minimum absolute atomic E-state index is 0.591. The molecule has 1 aliphatic carbocycles. The summed E-state index contributed by atoms with van der Waals surface area (Å²) in [6.45, 7) is 6.25. The van der Waals surface area contributed by atoms with Crippen molar-refractivity contribution in [2.45, 2.75) is 52.5 Å². The predicted octanol–water partition coefficient (Wildman–Crippen LogP) is 2.69. The van der Waals surface area contributed by atoms with Gasteiger partial charge in [-0.3, -0.25) is 0 Å². The first-order valence-corrected chi connectivity index (χ1v) is 6.82. The maximum absolute atomic E-state index is 5.93. The lowest BCUT2D eigenvalue weighted by Crippen LogP contribution is -2.36. The van der Waals surface area contributed by atoms with E-state index < -0.39 is 0 Å². The molecule has 0 unspecified atom stereocenters. The lowest BCUT2D eigenvalue weighted by Gasteiger charge is -2.35. The van der Waals surface area contributed by atoms with Crippen molar-refractivity contribution >= 4 is 11.6 Å². The Morgan fingerprint density at radius 2 is 1.72 bits per heavy atom. The van der Waals surface area contributed by atoms with Crippen LogP contribution in [0.5, 0.6) is 0 Å². The summed E-state index contributed by atoms with van der Waals surface area (Å²) in [5.74, 6) is 3.23. The minimum atomic E-state index is 0.591. The maximum Gasteiger partial charge on any atom is 0.137 e. The van der Waals surface area contributed by atoms with E-state index in [1.165, 1.54) is 25.7 Å². The number of nitrogens with zero attached hydrogens (tertiary/aromatic N) is 3. The van der Waals surface area contributed by atoms with Crippen molar-refractivity contribution in [3.63, 3.8) is 0 Å². The van der Waals surface area contributed by atoms with Gasteiger partial charge in [0, 0.05) is 18.7 Å². The van der Waals surface area contributed by atoms with Crippen molar-refractivity contribution in [1.29, 1.82) is 0 Å². The van der Waals surface area contributed by atoms with Crippen molar-refractivity contribution in [3.8, 4) is 0 Å². The predicted molar refractivity (Wildman–Crippen MR) is 75.7 cm³/mol. The summed E-state index contributed by atoms with van der Waals surface area (Å²) in [6, 6.07) is 0.591. The first-order valence-electron chi connectivity index (χ1n) is 6.82. The van der Waals surface area contributed by atoms with E-state index in [1.54, 1.807) is 0 Å². The van der Waals surface area contributed by atoms with E-state index in [1.807, 2.05) is 13.8 Å². The van der Waals surface area contributed by atoms with Crippen molar-refractivity contribution in [1.82, 2.24) is 9.97 Å². The normalized spacial score (nSPS) is 24.0. The Kier molecular flexibility index (Phi) is 3.73. The molecule has 1 aromatic rings. The van der Waals surface area contributed by atoms with Crippen molar-refractivity contribution in [3.05, 3.63) is 11.4 Å². The monoisotopic (exact) mass is 248 g/mol. The summed E-state index contributed by atoms with van der Waals surface area (Å²) in [6.07, 6.45) is 5.13. The van der Waals surface area contributed by atoms with Gasteiger partial charge in [-0.1, -0.05) is 6.92 Å². The highest BCUT2D eigenvalue weighted by Gasteiger charge is 2.24. The Balaban J connectivity index is 2.20. The van der Waals surface area contributed by atoms with Gasteiger partial charge in [-0.15, -0.1) is 0 Å². The van der Waals surface area contributed by atoms with Crippen molar-refractivity contribution < 1.29 is 0 Å². The van der Waals surface area contributed by atoms with Gasteiger partial charge in [-0.2, -0.15) is 0 Å². The second kappa shape index (κ2) is 5.12. The van der Waals surface area contributed by atoms with Crippen LogP contribution in [0, 0.1) is 19.8 Å². The van der Waals surface area contributed by atoms with Crippen LogP contribution in [0.4, 0.5) is 11.6 Å². The average Bonchev–Trinajstić information content (AvgIpc) is 2.34. The molecule has 0 aliphatic heterocycles. The number of hydrogen-bond acceptors (Lipinski definition) is 4. The van der Waals surface area contributed by atoms with E-state index in [2.05, 4.69) is 28.8 Å². The van der Waals surface area contributed by atoms with Gasteiger partial charge in [0.1, 0.15) is 17.5 Å². The molecule has 0 bridgehead atoms. The van der Waals surface area contributed by atoms with Crippen LogP contribution >= 0.6 is 0 Å². The fourth-order valence-electron chi connectivity index (χ4n) is 2.78. The van der Waals surface area contributed by atoms with Gasteiger partial charge in [0.05, 0.1) is 0 Å². The molecule has 1 heterocycles. The molecular formula is C14H24N4. The fourth-order valence-corrected chi connectivity index (χ4v) is 2.78. The van der Waals surface area contributed by atoms with Crippen LogP contribution in [0.15, 0.2) is 0 Å². The molecule has 1 fully saturated rings. The Labute approximate surface area is 110 Å². The molecule has 0 spiro atoms. The van der Waals surface area contributed by atoms with Crippen LogP contribution in [0.25, 0.3) is 0 Å². The van der Waals surface area contributed by atoms with Crippen LogP contribution in [-0.4, -0.2) is 23.1 Å². The summed E-state index contributed by atoms with van der Waals surface area (Å²) in [7, 11) is 2.13. The van der Waals surface area contributed by atoms with E-state index >= 15 is 0 Å². The maximum atomic E-state index is 5.93. The van der Waals surface area contributed by atoms with E-state index in [-0.39, 0.29) is 0 Å². The van der Waals surface area contributed by atoms with E-state index in [4.69, 9.17) is 5.73 Å². The summed E-state index contributed by atoms with van der Waals surface area (Å²) >= 11 is 0. The zero-order valence-corrected chi connectivity index (χ0v) is 11.9. The number of rotatable bonds is 2.